The minimum Gasteiger partial charge on any atom is -0.207 e. The second kappa shape index (κ2) is 5.43. The quantitative estimate of drug-likeness (QED) is 0.512. The van der Waals surface area contributed by atoms with E-state index in [1.165, 1.54) is 6.07 Å². The molecule has 1 unspecified atom stereocenters. The molecule has 3 aromatic rings. The Hall–Kier alpha value is -1.57. The van der Waals surface area contributed by atoms with Gasteiger partial charge in [0.2, 0.25) is 0 Å². The number of fused-ring (bicyclic) bond motifs is 1. The van der Waals surface area contributed by atoms with Crippen LogP contribution in [0, 0.1) is 5.82 Å². The highest BCUT2D eigenvalue weighted by Gasteiger charge is 2.20. The van der Waals surface area contributed by atoms with E-state index in [4.69, 9.17) is 23.2 Å². The zero-order valence-electron chi connectivity index (χ0n) is 10.5. The summed E-state index contributed by atoms with van der Waals surface area (Å²) in [7, 11) is 0. The molecule has 3 aromatic carbocycles. The van der Waals surface area contributed by atoms with Gasteiger partial charge >= 0.3 is 0 Å². The van der Waals surface area contributed by atoms with Crippen LogP contribution in [-0.2, 0) is 0 Å². The smallest absolute Gasteiger partial charge is 0.129 e. The minimum atomic E-state index is -0.616. The van der Waals surface area contributed by atoms with E-state index in [-0.39, 0.29) is 5.82 Å². The molecule has 0 saturated heterocycles. The molecular formula is C17H11Cl2F. The van der Waals surface area contributed by atoms with Crippen molar-refractivity contribution in [2.24, 2.45) is 0 Å². The third-order valence-electron chi connectivity index (χ3n) is 3.35. The number of hydrogen-bond acceptors (Lipinski definition) is 0. The lowest BCUT2D eigenvalue weighted by Gasteiger charge is -2.15. The highest BCUT2D eigenvalue weighted by atomic mass is 35.5. The topological polar surface area (TPSA) is 0 Å². The first-order valence-electron chi connectivity index (χ1n) is 6.24. The van der Waals surface area contributed by atoms with E-state index < -0.39 is 5.38 Å². The molecular weight excluding hydrogens is 294 g/mol. The van der Waals surface area contributed by atoms with Gasteiger partial charge in [0.25, 0.3) is 0 Å². The predicted octanol–water partition coefficient (Wildman–Crippen LogP) is 5.96. The molecule has 3 heteroatoms. The minimum absolute atomic E-state index is 0.326. The van der Waals surface area contributed by atoms with Gasteiger partial charge in [-0.05, 0) is 28.5 Å². The zero-order valence-corrected chi connectivity index (χ0v) is 12.0. The summed E-state index contributed by atoms with van der Waals surface area (Å²) in [6, 6.07) is 18.3. The van der Waals surface area contributed by atoms with Crippen LogP contribution < -0.4 is 0 Å². The largest absolute Gasteiger partial charge is 0.207 e. The van der Waals surface area contributed by atoms with E-state index in [2.05, 4.69) is 0 Å². The molecule has 3 rings (SSSR count). The van der Waals surface area contributed by atoms with Crippen LogP contribution in [0.3, 0.4) is 0 Å². The summed E-state index contributed by atoms with van der Waals surface area (Å²) in [6.07, 6.45) is 0. The SMILES string of the molecule is Fc1cccc(Cl)c1C(Cl)c1cccc2ccccc12. The van der Waals surface area contributed by atoms with Crippen molar-refractivity contribution in [3.63, 3.8) is 0 Å². The molecule has 0 aliphatic heterocycles. The van der Waals surface area contributed by atoms with Crippen LogP contribution in [-0.4, -0.2) is 0 Å². The normalized spacial score (nSPS) is 12.6. The first-order chi connectivity index (χ1) is 9.68. The van der Waals surface area contributed by atoms with E-state index in [0.717, 1.165) is 16.3 Å². The van der Waals surface area contributed by atoms with Gasteiger partial charge in [-0.15, -0.1) is 11.6 Å². The summed E-state index contributed by atoms with van der Waals surface area (Å²) in [6.45, 7) is 0. The van der Waals surface area contributed by atoms with Crippen molar-refractivity contribution in [1.82, 2.24) is 0 Å². The maximum absolute atomic E-state index is 14.0. The molecule has 0 spiro atoms. The number of benzene rings is 3. The molecule has 0 fully saturated rings. The Morgan fingerprint density at radius 3 is 2.35 bits per heavy atom. The predicted molar refractivity (Wildman–Crippen MR) is 83.1 cm³/mol. The van der Waals surface area contributed by atoms with E-state index in [0.29, 0.717) is 10.6 Å². The van der Waals surface area contributed by atoms with Crippen LogP contribution in [0.2, 0.25) is 5.02 Å². The molecule has 0 aliphatic rings. The van der Waals surface area contributed by atoms with Gasteiger partial charge in [0.1, 0.15) is 5.82 Å². The fourth-order valence-electron chi connectivity index (χ4n) is 2.38. The third kappa shape index (κ3) is 2.28. The maximum atomic E-state index is 14.0. The summed E-state index contributed by atoms with van der Waals surface area (Å²) < 4.78 is 14.0. The van der Waals surface area contributed by atoms with Crippen LogP contribution >= 0.6 is 23.2 Å². The average molecular weight is 305 g/mol. The lowest BCUT2D eigenvalue weighted by Crippen LogP contribution is -1.99. The van der Waals surface area contributed by atoms with Crippen molar-refractivity contribution in [3.8, 4) is 0 Å². The Morgan fingerprint density at radius 2 is 1.55 bits per heavy atom. The average Bonchev–Trinajstić information content (AvgIpc) is 2.46. The molecule has 0 saturated carbocycles. The van der Waals surface area contributed by atoms with Gasteiger partial charge in [0, 0.05) is 10.6 Å². The van der Waals surface area contributed by atoms with Crippen LogP contribution in [0.1, 0.15) is 16.5 Å². The monoisotopic (exact) mass is 304 g/mol. The Bertz CT molecular complexity index is 742. The summed E-state index contributed by atoms with van der Waals surface area (Å²) in [5.41, 5.74) is 1.18. The number of rotatable bonds is 2. The van der Waals surface area contributed by atoms with Crippen LogP contribution in [0.25, 0.3) is 10.8 Å². The summed E-state index contributed by atoms with van der Waals surface area (Å²) in [5, 5.41) is 1.81. The molecule has 0 aliphatic carbocycles. The highest BCUT2D eigenvalue weighted by molar-refractivity contribution is 6.33. The Labute approximate surface area is 126 Å². The molecule has 0 N–H and O–H groups in total. The van der Waals surface area contributed by atoms with Gasteiger partial charge in [-0.2, -0.15) is 0 Å². The van der Waals surface area contributed by atoms with Crippen molar-refractivity contribution in [1.29, 1.82) is 0 Å². The molecule has 0 heterocycles. The van der Waals surface area contributed by atoms with Crippen molar-refractivity contribution in [2.45, 2.75) is 5.38 Å². The van der Waals surface area contributed by atoms with Crippen molar-refractivity contribution >= 4 is 34.0 Å². The van der Waals surface area contributed by atoms with Gasteiger partial charge in [0.15, 0.2) is 0 Å². The lowest BCUT2D eigenvalue weighted by molar-refractivity contribution is 0.612. The number of hydrogen-bond donors (Lipinski definition) is 0. The molecule has 0 nitrogen and oxygen atoms in total. The molecule has 0 radical (unpaired) electrons. The Morgan fingerprint density at radius 1 is 0.850 bits per heavy atom. The molecule has 100 valence electrons. The molecule has 20 heavy (non-hydrogen) atoms. The van der Waals surface area contributed by atoms with Crippen LogP contribution in [0.15, 0.2) is 60.7 Å². The lowest BCUT2D eigenvalue weighted by atomic mass is 9.97. The Kier molecular flexibility index (Phi) is 3.64. The van der Waals surface area contributed by atoms with Gasteiger partial charge < -0.3 is 0 Å². The summed E-state index contributed by atoms with van der Waals surface area (Å²) >= 11 is 12.6. The van der Waals surface area contributed by atoms with Crippen LogP contribution in [0.5, 0.6) is 0 Å². The molecule has 0 amide bonds. The summed E-state index contributed by atoms with van der Waals surface area (Å²) in [5.74, 6) is -0.384. The molecule has 1 atom stereocenters. The molecule has 0 aromatic heterocycles. The van der Waals surface area contributed by atoms with Gasteiger partial charge in [0.05, 0.1) is 5.38 Å². The van der Waals surface area contributed by atoms with E-state index >= 15 is 0 Å². The fraction of sp³-hybridized carbons (Fsp3) is 0.0588. The van der Waals surface area contributed by atoms with Crippen LogP contribution in [0.4, 0.5) is 4.39 Å². The van der Waals surface area contributed by atoms with Crippen molar-refractivity contribution in [2.75, 3.05) is 0 Å². The van der Waals surface area contributed by atoms with E-state index in [1.54, 1.807) is 12.1 Å². The zero-order chi connectivity index (χ0) is 14.1. The fourth-order valence-corrected chi connectivity index (χ4v) is 3.12. The van der Waals surface area contributed by atoms with Crippen molar-refractivity contribution in [3.05, 3.63) is 82.6 Å². The first-order valence-corrected chi connectivity index (χ1v) is 7.05. The second-order valence-electron chi connectivity index (χ2n) is 4.57. The van der Waals surface area contributed by atoms with Gasteiger partial charge in [-0.25, -0.2) is 4.39 Å². The first kappa shape index (κ1) is 13.4. The van der Waals surface area contributed by atoms with E-state index in [9.17, 15) is 4.39 Å². The second-order valence-corrected chi connectivity index (χ2v) is 5.41. The number of halogens is 3. The third-order valence-corrected chi connectivity index (χ3v) is 4.13. The van der Waals surface area contributed by atoms with Gasteiger partial charge in [-0.1, -0.05) is 60.1 Å². The highest BCUT2D eigenvalue weighted by Crippen LogP contribution is 2.38. The van der Waals surface area contributed by atoms with Gasteiger partial charge in [-0.3, -0.25) is 0 Å². The summed E-state index contributed by atoms with van der Waals surface area (Å²) in [4.78, 5) is 0. The number of alkyl halides is 1. The van der Waals surface area contributed by atoms with Crippen molar-refractivity contribution < 1.29 is 4.39 Å². The standard InChI is InChI=1S/C17H11Cl2F/c18-14-9-4-10-15(20)16(14)17(19)13-8-3-6-11-5-1-2-7-12(11)13/h1-10,17H. The maximum Gasteiger partial charge on any atom is 0.129 e. The van der Waals surface area contributed by atoms with E-state index in [1.807, 2.05) is 42.5 Å². The Balaban J connectivity index is 2.21. The molecule has 0 bridgehead atoms.